The molecule has 0 saturated heterocycles. The first-order valence-electron chi connectivity index (χ1n) is 6.14. The predicted molar refractivity (Wildman–Crippen MR) is 67.8 cm³/mol. The minimum Gasteiger partial charge on any atom is -0.355 e. The van der Waals surface area contributed by atoms with E-state index >= 15 is 0 Å². The van der Waals surface area contributed by atoms with E-state index in [1.165, 1.54) is 0 Å². The lowest BCUT2D eigenvalue weighted by molar-refractivity contribution is -0.122. The van der Waals surface area contributed by atoms with Crippen molar-refractivity contribution >= 4 is 17.5 Å². The lowest BCUT2D eigenvalue weighted by Crippen LogP contribution is -2.29. The number of rotatable bonds is 5. The van der Waals surface area contributed by atoms with Crippen LogP contribution in [0.5, 0.6) is 0 Å². The maximum atomic E-state index is 11.6. The fraction of sp³-hybridized carbons (Fsp3) is 0.462. The van der Waals surface area contributed by atoms with Crippen LogP contribution < -0.4 is 10.6 Å². The predicted octanol–water partition coefficient (Wildman–Crippen LogP) is 1.18. The molecule has 18 heavy (non-hydrogen) atoms. The first-order valence-corrected chi connectivity index (χ1v) is 6.14. The molecular weight excluding hydrogens is 230 g/mol. The van der Waals surface area contributed by atoms with Gasteiger partial charge in [-0.1, -0.05) is 6.92 Å². The topological polar surface area (TPSA) is 71.1 Å². The molecule has 96 valence electrons. The van der Waals surface area contributed by atoms with E-state index in [4.69, 9.17) is 0 Å². The van der Waals surface area contributed by atoms with Crippen LogP contribution in [0.3, 0.4) is 0 Å². The van der Waals surface area contributed by atoms with Crippen LogP contribution in [-0.2, 0) is 9.59 Å². The van der Waals surface area contributed by atoms with Gasteiger partial charge in [0, 0.05) is 25.1 Å². The minimum absolute atomic E-state index is 0.0664. The van der Waals surface area contributed by atoms with Crippen LogP contribution in [0, 0.1) is 11.8 Å². The summed E-state index contributed by atoms with van der Waals surface area (Å²) in [4.78, 5) is 27.0. The number of carbonyl (C=O) groups excluding carboxylic acids is 2. The molecule has 1 saturated carbocycles. The summed E-state index contributed by atoms with van der Waals surface area (Å²) in [6.45, 7) is 2.44. The van der Waals surface area contributed by atoms with Crippen LogP contribution in [0.1, 0.15) is 19.8 Å². The van der Waals surface area contributed by atoms with Crippen molar-refractivity contribution in [2.24, 2.45) is 11.8 Å². The number of nitrogens with one attached hydrogen (secondary N) is 2. The van der Waals surface area contributed by atoms with E-state index in [0.717, 1.165) is 6.42 Å². The third-order valence-corrected chi connectivity index (χ3v) is 3.04. The smallest absolute Gasteiger partial charge is 0.226 e. The van der Waals surface area contributed by atoms with E-state index in [9.17, 15) is 9.59 Å². The Kier molecular flexibility index (Phi) is 3.92. The Hall–Kier alpha value is -1.91. The Morgan fingerprint density at radius 2 is 2.28 bits per heavy atom. The fourth-order valence-electron chi connectivity index (χ4n) is 1.78. The second-order valence-corrected chi connectivity index (χ2v) is 4.65. The Morgan fingerprint density at radius 3 is 2.89 bits per heavy atom. The van der Waals surface area contributed by atoms with Crippen molar-refractivity contribution in [2.45, 2.75) is 19.8 Å². The zero-order valence-corrected chi connectivity index (χ0v) is 10.3. The van der Waals surface area contributed by atoms with Crippen LogP contribution in [-0.4, -0.2) is 23.3 Å². The lowest BCUT2D eigenvalue weighted by atomic mass is 10.3. The Balaban J connectivity index is 1.65. The summed E-state index contributed by atoms with van der Waals surface area (Å²) >= 11 is 0. The van der Waals surface area contributed by atoms with E-state index in [2.05, 4.69) is 22.5 Å². The van der Waals surface area contributed by atoms with E-state index in [1.54, 1.807) is 24.5 Å². The molecule has 1 aromatic heterocycles. The quantitative estimate of drug-likeness (QED) is 0.820. The molecule has 1 heterocycles. The van der Waals surface area contributed by atoms with Crippen molar-refractivity contribution < 1.29 is 9.59 Å². The van der Waals surface area contributed by atoms with Gasteiger partial charge in [0.05, 0.1) is 11.9 Å². The number of amides is 2. The molecule has 2 rings (SSSR count). The SMILES string of the molecule is C[C@@H]1C[C@H]1C(=O)NCCC(=O)Nc1cccnc1. The van der Waals surface area contributed by atoms with Gasteiger partial charge in [-0.3, -0.25) is 14.6 Å². The summed E-state index contributed by atoms with van der Waals surface area (Å²) < 4.78 is 0. The number of aromatic nitrogens is 1. The standard InChI is InChI=1S/C13H17N3O2/c1-9-7-11(9)13(18)15-6-4-12(17)16-10-3-2-5-14-8-10/h2-3,5,8-9,11H,4,6-7H2,1H3,(H,15,18)(H,16,17)/t9-,11-/m1/s1. The van der Waals surface area contributed by atoms with E-state index < -0.39 is 0 Å². The highest BCUT2D eigenvalue weighted by Crippen LogP contribution is 2.37. The molecule has 0 spiro atoms. The molecule has 5 nitrogen and oxygen atoms in total. The van der Waals surface area contributed by atoms with Crippen LogP contribution in [0.4, 0.5) is 5.69 Å². The third kappa shape index (κ3) is 3.55. The van der Waals surface area contributed by atoms with Gasteiger partial charge in [-0.05, 0) is 24.5 Å². The number of nitrogens with zero attached hydrogens (tertiary/aromatic N) is 1. The fourth-order valence-corrected chi connectivity index (χ4v) is 1.78. The molecule has 2 amide bonds. The average Bonchev–Trinajstić information content (AvgIpc) is 3.07. The third-order valence-electron chi connectivity index (χ3n) is 3.04. The largest absolute Gasteiger partial charge is 0.355 e. The zero-order valence-electron chi connectivity index (χ0n) is 10.3. The number of carbonyl (C=O) groups is 2. The van der Waals surface area contributed by atoms with Gasteiger partial charge in [0.15, 0.2) is 0 Å². The molecule has 0 unspecified atom stereocenters. The summed E-state index contributed by atoms with van der Waals surface area (Å²) in [5.74, 6) is 0.601. The van der Waals surface area contributed by atoms with Crippen LogP contribution in [0.25, 0.3) is 0 Å². The first kappa shape index (κ1) is 12.5. The summed E-state index contributed by atoms with van der Waals surface area (Å²) in [6.07, 6.45) is 4.48. The highest BCUT2D eigenvalue weighted by Gasteiger charge is 2.38. The minimum atomic E-state index is -0.118. The van der Waals surface area contributed by atoms with Crippen molar-refractivity contribution in [1.82, 2.24) is 10.3 Å². The normalized spacial score (nSPS) is 21.2. The van der Waals surface area contributed by atoms with Crippen LogP contribution in [0.15, 0.2) is 24.5 Å². The zero-order chi connectivity index (χ0) is 13.0. The van der Waals surface area contributed by atoms with Gasteiger partial charge in [-0.15, -0.1) is 0 Å². The Labute approximate surface area is 106 Å². The molecule has 5 heteroatoms. The monoisotopic (exact) mass is 247 g/mol. The van der Waals surface area contributed by atoms with Crippen molar-refractivity contribution in [3.63, 3.8) is 0 Å². The van der Waals surface area contributed by atoms with Crippen molar-refractivity contribution in [3.8, 4) is 0 Å². The van der Waals surface area contributed by atoms with Gasteiger partial charge in [-0.25, -0.2) is 0 Å². The molecule has 0 aliphatic heterocycles. The lowest BCUT2D eigenvalue weighted by Gasteiger charge is -2.06. The summed E-state index contributed by atoms with van der Waals surface area (Å²) in [6, 6.07) is 3.53. The van der Waals surface area contributed by atoms with Crippen molar-refractivity contribution in [3.05, 3.63) is 24.5 Å². The molecule has 2 N–H and O–H groups in total. The van der Waals surface area contributed by atoms with Crippen LogP contribution >= 0.6 is 0 Å². The van der Waals surface area contributed by atoms with Gasteiger partial charge in [0.1, 0.15) is 0 Å². The highest BCUT2D eigenvalue weighted by molar-refractivity contribution is 5.91. The summed E-state index contributed by atoms with van der Waals surface area (Å²) in [7, 11) is 0. The molecule has 1 aliphatic rings. The van der Waals surface area contributed by atoms with Crippen molar-refractivity contribution in [1.29, 1.82) is 0 Å². The summed E-state index contributed by atoms with van der Waals surface area (Å²) in [5, 5.41) is 5.49. The van der Waals surface area contributed by atoms with Gasteiger partial charge in [-0.2, -0.15) is 0 Å². The summed E-state index contributed by atoms with van der Waals surface area (Å²) in [5.41, 5.74) is 0.671. The molecular formula is C13H17N3O2. The van der Waals surface area contributed by atoms with E-state index in [-0.39, 0.29) is 24.2 Å². The molecule has 1 aliphatic carbocycles. The number of hydrogen-bond acceptors (Lipinski definition) is 3. The molecule has 0 bridgehead atoms. The molecule has 1 aromatic rings. The molecule has 0 radical (unpaired) electrons. The van der Waals surface area contributed by atoms with Gasteiger partial charge in [0.25, 0.3) is 0 Å². The van der Waals surface area contributed by atoms with Gasteiger partial charge in [0.2, 0.25) is 11.8 Å². The molecule has 2 atom stereocenters. The average molecular weight is 247 g/mol. The van der Waals surface area contributed by atoms with Gasteiger partial charge >= 0.3 is 0 Å². The van der Waals surface area contributed by atoms with Gasteiger partial charge < -0.3 is 10.6 Å². The second kappa shape index (κ2) is 5.62. The number of anilines is 1. The molecule has 1 fully saturated rings. The van der Waals surface area contributed by atoms with E-state index in [1.807, 2.05) is 0 Å². The Morgan fingerprint density at radius 1 is 1.50 bits per heavy atom. The maximum absolute atomic E-state index is 11.6. The first-order chi connectivity index (χ1) is 8.66. The van der Waals surface area contributed by atoms with Crippen molar-refractivity contribution in [2.75, 3.05) is 11.9 Å². The van der Waals surface area contributed by atoms with Crippen LogP contribution in [0.2, 0.25) is 0 Å². The maximum Gasteiger partial charge on any atom is 0.226 e. The second-order valence-electron chi connectivity index (χ2n) is 4.65. The number of hydrogen-bond donors (Lipinski definition) is 2. The number of pyridine rings is 1. The Bertz CT molecular complexity index is 433. The highest BCUT2D eigenvalue weighted by atomic mass is 16.2. The molecule has 0 aromatic carbocycles. The van der Waals surface area contributed by atoms with E-state index in [0.29, 0.717) is 18.2 Å².